The van der Waals surface area contributed by atoms with Crippen LogP contribution in [0.3, 0.4) is 0 Å². The maximum absolute atomic E-state index is 11.6. The predicted octanol–water partition coefficient (Wildman–Crippen LogP) is 5.59. The summed E-state index contributed by atoms with van der Waals surface area (Å²) in [6.07, 6.45) is 6.73. The van der Waals surface area contributed by atoms with Crippen LogP contribution in [-0.4, -0.2) is 22.2 Å². The molecule has 164 valence electrons. The van der Waals surface area contributed by atoms with E-state index in [9.17, 15) is 19.8 Å². The van der Waals surface area contributed by atoms with Gasteiger partial charge >= 0.3 is 11.9 Å². The van der Waals surface area contributed by atoms with E-state index in [1.54, 1.807) is 6.07 Å². The second-order valence-electron chi connectivity index (χ2n) is 10.5. The highest BCUT2D eigenvalue weighted by atomic mass is 16.4. The van der Waals surface area contributed by atoms with Crippen LogP contribution in [0, 0.1) is 35.0 Å². The van der Waals surface area contributed by atoms with Gasteiger partial charge in [-0.05, 0) is 85.1 Å². The molecule has 2 N–H and O–H groups in total. The third-order valence-electron chi connectivity index (χ3n) is 8.72. The lowest BCUT2D eigenvalue weighted by molar-refractivity contribution is -0.113. The number of hydrogen-bond donors (Lipinski definition) is 2. The topological polar surface area (TPSA) is 74.6 Å². The zero-order valence-corrected chi connectivity index (χ0v) is 18.5. The first-order valence-corrected chi connectivity index (χ1v) is 11.4. The van der Waals surface area contributed by atoms with Gasteiger partial charge in [0.05, 0.1) is 11.1 Å². The molecule has 32 heavy (non-hydrogen) atoms. The van der Waals surface area contributed by atoms with Crippen LogP contribution in [0.2, 0.25) is 0 Å². The molecule has 0 radical (unpaired) electrons. The lowest BCUT2D eigenvalue weighted by Gasteiger charge is -2.66. The smallest absolute Gasteiger partial charge is 0.337 e. The van der Waals surface area contributed by atoms with Crippen molar-refractivity contribution in [2.24, 2.45) is 23.2 Å². The molecule has 2 aromatic carbocycles. The summed E-state index contributed by atoms with van der Waals surface area (Å²) in [7, 11) is 0. The first-order chi connectivity index (χ1) is 15.2. The first kappa shape index (κ1) is 20.8. The van der Waals surface area contributed by atoms with Crippen molar-refractivity contribution in [3.63, 3.8) is 0 Å². The Kier molecular flexibility index (Phi) is 4.71. The Hall–Kier alpha value is -3.06. The molecule has 6 rings (SSSR count). The largest absolute Gasteiger partial charge is 0.478 e. The maximum atomic E-state index is 11.6. The van der Waals surface area contributed by atoms with Crippen molar-refractivity contribution in [3.05, 3.63) is 70.3 Å². The molecule has 0 spiro atoms. The highest BCUT2D eigenvalue weighted by Crippen LogP contribution is 2.68. The molecule has 2 unspecified atom stereocenters. The second-order valence-corrected chi connectivity index (χ2v) is 10.5. The quantitative estimate of drug-likeness (QED) is 0.625. The third kappa shape index (κ3) is 3.06. The fraction of sp³-hybridized carbons (Fsp3) is 0.429. The standard InChI is InChI=1S/C28H28O4/c1-27(2)22-13-18-12-19(14-22)16-28(27,15-18)21-10-7-17(8-11-21)6-9-20-4-3-5-23(25(29)30)24(20)26(31)32/h3-5,7-8,10-11,18-19,22H,12-16H2,1-2H3,(H,29,30)(H,31,32). The van der Waals surface area contributed by atoms with Gasteiger partial charge in [-0.1, -0.05) is 43.9 Å². The minimum atomic E-state index is -1.29. The maximum Gasteiger partial charge on any atom is 0.337 e. The number of benzene rings is 2. The zero-order chi connectivity index (χ0) is 22.7. The average Bonchev–Trinajstić information content (AvgIpc) is 2.75. The molecular weight excluding hydrogens is 400 g/mol. The number of hydrogen-bond acceptors (Lipinski definition) is 2. The van der Waals surface area contributed by atoms with E-state index in [0.717, 1.165) is 23.3 Å². The van der Waals surface area contributed by atoms with E-state index >= 15 is 0 Å². The minimum absolute atomic E-state index is 0.212. The van der Waals surface area contributed by atoms with Gasteiger partial charge in [-0.25, -0.2) is 9.59 Å². The highest BCUT2D eigenvalue weighted by Gasteiger charge is 2.61. The number of rotatable bonds is 3. The lowest BCUT2D eigenvalue weighted by atomic mass is 9.38. The molecule has 0 aromatic heterocycles. The molecule has 0 heterocycles. The zero-order valence-electron chi connectivity index (χ0n) is 18.5. The summed E-state index contributed by atoms with van der Waals surface area (Å²) in [5, 5.41) is 18.8. The van der Waals surface area contributed by atoms with Crippen molar-refractivity contribution in [2.45, 2.75) is 51.4 Å². The molecule has 4 bridgehead atoms. The van der Waals surface area contributed by atoms with Gasteiger partial charge in [0.25, 0.3) is 0 Å². The van der Waals surface area contributed by atoms with E-state index in [-0.39, 0.29) is 22.1 Å². The van der Waals surface area contributed by atoms with Gasteiger partial charge < -0.3 is 10.2 Å². The van der Waals surface area contributed by atoms with Gasteiger partial charge in [0.2, 0.25) is 0 Å². The summed E-state index contributed by atoms with van der Waals surface area (Å²) in [6.45, 7) is 4.93. The van der Waals surface area contributed by atoms with E-state index in [1.165, 1.54) is 49.8 Å². The SMILES string of the molecule is CC1(C)C2CC3CC(C2)CC1(c1ccc(C#Cc2cccc(C(=O)O)c2C(=O)O)cc1)C3. The van der Waals surface area contributed by atoms with Crippen LogP contribution < -0.4 is 0 Å². The molecule has 2 atom stereocenters. The van der Waals surface area contributed by atoms with Crippen LogP contribution in [-0.2, 0) is 5.41 Å². The van der Waals surface area contributed by atoms with E-state index in [2.05, 4.69) is 37.8 Å². The Labute approximate surface area is 188 Å². The number of aromatic carboxylic acids is 2. The van der Waals surface area contributed by atoms with Crippen molar-refractivity contribution >= 4 is 11.9 Å². The molecule has 0 amide bonds. The Morgan fingerprint density at radius 3 is 2.12 bits per heavy atom. The monoisotopic (exact) mass is 428 g/mol. The summed E-state index contributed by atoms with van der Waals surface area (Å²) in [5.74, 6) is 5.89. The molecule has 4 heteroatoms. The van der Waals surface area contributed by atoms with E-state index in [0.29, 0.717) is 5.41 Å². The van der Waals surface area contributed by atoms with Crippen molar-refractivity contribution in [2.75, 3.05) is 0 Å². The van der Waals surface area contributed by atoms with Crippen LogP contribution >= 0.6 is 0 Å². The van der Waals surface area contributed by atoms with E-state index in [1.807, 2.05) is 12.1 Å². The van der Waals surface area contributed by atoms with Crippen LogP contribution in [0.1, 0.15) is 83.4 Å². The minimum Gasteiger partial charge on any atom is -0.478 e. The summed E-state index contributed by atoms with van der Waals surface area (Å²) < 4.78 is 0. The Bertz CT molecular complexity index is 1150. The normalized spacial score (nSPS) is 29.2. The molecule has 0 aliphatic heterocycles. The molecule has 4 aliphatic rings. The van der Waals surface area contributed by atoms with Crippen molar-refractivity contribution in [1.29, 1.82) is 0 Å². The van der Waals surface area contributed by atoms with Crippen molar-refractivity contribution in [3.8, 4) is 11.8 Å². The van der Waals surface area contributed by atoms with Gasteiger partial charge in [0, 0.05) is 16.5 Å². The summed E-state index contributed by atoms with van der Waals surface area (Å²) in [5.41, 5.74) is 2.44. The molecule has 4 aliphatic carbocycles. The van der Waals surface area contributed by atoms with Gasteiger partial charge in [0.15, 0.2) is 0 Å². The van der Waals surface area contributed by atoms with Crippen molar-refractivity contribution in [1.82, 2.24) is 0 Å². The molecule has 0 saturated heterocycles. The molecule has 4 saturated carbocycles. The van der Waals surface area contributed by atoms with Gasteiger partial charge in [-0.3, -0.25) is 0 Å². The molecule has 4 fully saturated rings. The number of carbonyl (C=O) groups is 2. The van der Waals surface area contributed by atoms with Crippen LogP contribution in [0.5, 0.6) is 0 Å². The van der Waals surface area contributed by atoms with Crippen LogP contribution in [0.25, 0.3) is 0 Å². The first-order valence-electron chi connectivity index (χ1n) is 11.4. The average molecular weight is 429 g/mol. The van der Waals surface area contributed by atoms with Gasteiger partial charge in [-0.15, -0.1) is 0 Å². The van der Waals surface area contributed by atoms with Gasteiger partial charge in [0.1, 0.15) is 0 Å². The fourth-order valence-corrected chi connectivity index (χ4v) is 7.16. The summed E-state index contributed by atoms with van der Waals surface area (Å²) in [6, 6.07) is 12.8. The lowest BCUT2D eigenvalue weighted by Crippen LogP contribution is -2.59. The van der Waals surface area contributed by atoms with Crippen molar-refractivity contribution < 1.29 is 19.8 Å². The number of carboxylic acids is 2. The second kappa shape index (κ2) is 7.24. The molecule has 2 aromatic rings. The van der Waals surface area contributed by atoms with Crippen LogP contribution in [0.15, 0.2) is 42.5 Å². The third-order valence-corrected chi connectivity index (χ3v) is 8.72. The summed E-state index contributed by atoms with van der Waals surface area (Å²) in [4.78, 5) is 23.0. The summed E-state index contributed by atoms with van der Waals surface area (Å²) >= 11 is 0. The molecular formula is C28H28O4. The predicted molar refractivity (Wildman–Crippen MR) is 122 cm³/mol. The Balaban J connectivity index is 1.47. The van der Waals surface area contributed by atoms with E-state index in [4.69, 9.17) is 0 Å². The highest BCUT2D eigenvalue weighted by molar-refractivity contribution is 6.03. The molecule has 4 nitrogen and oxygen atoms in total. The van der Waals surface area contributed by atoms with Crippen LogP contribution in [0.4, 0.5) is 0 Å². The fourth-order valence-electron chi connectivity index (χ4n) is 7.16. The van der Waals surface area contributed by atoms with E-state index < -0.39 is 11.9 Å². The number of carboxylic acid groups (broad SMARTS) is 2. The van der Waals surface area contributed by atoms with Gasteiger partial charge in [-0.2, -0.15) is 0 Å². The Morgan fingerprint density at radius 1 is 0.875 bits per heavy atom. The Morgan fingerprint density at radius 2 is 1.53 bits per heavy atom.